The van der Waals surface area contributed by atoms with E-state index in [0.29, 0.717) is 46.9 Å². The van der Waals surface area contributed by atoms with Crippen molar-refractivity contribution in [2.45, 2.75) is 6.18 Å². The van der Waals surface area contributed by atoms with Crippen molar-refractivity contribution in [2.75, 3.05) is 18.0 Å². The molecule has 148 valence electrons. The fourth-order valence-corrected chi connectivity index (χ4v) is 3.18. The molecule has 6 nitrogen and oxygen atoms in total. The van der Waals surface area contributed by atoms with Gasteiger partial charge in [-0.2, -0.15) is 13.2 Å². The maximum absolute atomic E-state index is 12.8. The van der Waals surface area contributed by atoms with Gasteiger partial charge in [0, 0.05) is 36.3 Å². The fourth-order valence-electron chi connectivity index (χ4n) is 3.18. The number of carbonyl (C=O) groups excluding carboxylic acids is 1. The van der Waals surface area contributed by atoms with Gasteiger partial charge in [-0.1, -0.05) is 18.7 Å². The van der Waals surface area contributed by atoms with Gasteiger partial charge in [-0.25, -0.2) is 9.97 Å². The molecule has 1 saturated heterocycles. The third-order valence-corrected chi connectivity index (χ3v) is 4.90. The van der Waals surface area contributed by atoms with Crippen molar-refractivity contribution in [1.29, 1.82) is 0 Å². The lowest BCUT2D eigenvalue weighted by atomic mass is 9.91. The van der Waals surface area contributed by atoms with Crippen LogP contribution in [0, 0.1) is 5.92 Å². The number of halogens is 3. The van der Waals surface area contributed by atoms with Crippen LogP contribution in [0.3, 0.4) is 0 Å². The van der Waals surface area contributed by atoms with Gasteiger partial charge >= 0.3 is 6.18 Å². The maximum Gasteiger partial charge on any atom is 0.416 e. The molecular formula is C20H16F3N5O. The molecule has 2 aromatic heterocycles. The summed E-state index contributed by atoms with van der Waals surface area (Å²) in [5, 5.41) is 0. The van der Waals surface area contributed by atoms with Crippen molar-refractivity contribution in [3.63, 3.8) is 0 Å². The first-order chi connectivity index (χ1) is 13.7. The Morgan fingerprint density at radius 1 is 1.14 bits per heavy atom. The minimum absolute atomic E-state index is 0.0734. The number of hydrogen-bond donors (Lipinski definition) is 1. The Hall–Kier alpha value is -3.49. The summed E-state index contributed by atoms with van der Waals surface area (Å²) in [6.07, 6.45) is -2.79. The van der Waals surface area contributed by atoms with Crippen molar-refractivity contribution < 1.29 is 18.0 Å². The number of carbonyl (C=O) groups is 1. The van der Waals surface area contributed by atoms with Gasteiger partial charge in [-0.05, 0) is 24.3 Å². The molecule has 4 rings (SSSR count). The molecule has 1 aliphatic heterocycles. The first-order valence-corrected chi connectivity index (χ1v) is 8.78. The second-order valence-electron chi connectivity index (χ2n) is 6.81. The van der Waals surface area contributed by atoms with E-state index in [-0.39, 0.29) is 5.92 Å². The first-order valence-electron chi connectivity index (χ1n) is 8.78. The molecule has 0 radical (unpaired) electrons. The molecule has 1 fully saturated rings. The predicted octanol–water partition coefficient (Wildman–Crippen LogP) is 3.19. The number of aromatic nitrogens is 3. The van der Waals surface area contributed by atoms with Gasteiger partial charge in [0.05, 0.1) is 11.1 Å². The summed E-state index contributed by atoms with van der Waals surface area (Å²) in [6, 6.07) is 8.19. The summed E-state index contributed by atoms with van der Waals surface area (Å²) in [5.74, 6) is 0.243. The Balaban J connectivity index is 1.71. The minimum Gasteiger partial charge on any atom is -0.366 e. The third kappa shape index (κ3) is 3.51. The number of nitrogens with two attached hydrogens (primary N) is 1. The van der Waals surface area contributed by atoms with Crippen molar-refractivity contribution in [1.82, 2.24) is 15.0 Å². The standard InChI is InChI=1S/C20H16F3N5O/c1-11(17(24)29)13-9-28(10-13)19-16-15(3-2-8-25-16)26-18(27-19)12-4-6-14(7-5-12)20(21,22)23/h2-8,13H,1,9-10H2,(H2,24,29). The number of primary amides is 1. The molecule has 1 amide bonds. The lowest BCUT2D eigenvalue weighted by Crippen LogP contribution is -2.49. The van der Waals surface area contributed by atoms with Crippen LogP contribution in [-0.4, -0.2) is 33.9 Å². The number of benzene rings is 1. The number of fused-ring (bicyclic) bond motifs is 1. The second kappa shape index (κ2) is 6.84. The van der Waals surface area contributed by atoms with Crippen molar-refractivity contribution >= 4 is 22.8 Å². The largest absolute Gasteiger partial charge is 0.416 e. The summed E-state index contributed by atoms with van der Waals surface area (Å²) in [4.78, 5) is 26.6. The monoisotopic (exact) mass is 399 g/mol. The molecule has 0 aliphatic carbocycles. The molecule has 2 N–H and O–H groups in total. The van der Waals surface area contributed by atoms with E-state index in [1.54, 1.807) is 18.3 Å². The topological polar surface area (TPSA) is 85.0 Å². The zero-order chi connectivity index (χ0) is 20.8. The van der Waals surface area contributed by atoms with Gasteiger partial charge < -0.3 is 10.6 Å². The van der Waals surface area contributed by atoms with Crippen molar-refractivity contribution in [2.24, 2.45) is 11.7 Å². The van der Waals surface area contributed by atoms with E-state index in [0.717, 1.165) is 12.1 Å². The van der Waals surface area contributed by atoms with Gasteiger partial charge in [0.15, 0.2) is 11.6 Å². The maximum atomic E-state index is 12.8. The molecule has 29 heavy (non-hydrogen) atoms. The van der Waals surface area contributed by atoms with E-state index in [1.807, 2.05) is 4.90 Å². The molecule has 1 aliphatic rings. The molecular weight excluding hydrogens is 383 g/mol. The zero-order valence-electron chi connectivity index (χ0n) is 15.1. The van der Waals surface area contributed by atoms with E-state index in [9.17, 15) is 18.0 Å². The first kappa shape index (κ1) is 18.9. The number of rotatable bonds is 4. The lowest BCUT2D eigenvalue weighted by molar-refractivity contribution is -0.137. The van der Waals surface area contributed by atoms with Crippen LogP contribution >= 0.6 is 0 Å². The van der Waals surface area contributed by atoms with Crippen LogP contribution in [0.4, 0.5) is 19.0 Å². The van der Waals surface area contributed by atoms with E-state index in [1.165, 1.54) is 12.1 Å². The summed E-state index contributed by atoms with van der Waals surface area (Å²) in [5.41, 5.74) is 6.52. The van der Waals surface area contributed by atoms with Crippen LogP contribution in [0.25, 0.3) is 22.4 Å². The normalized spacial score (nSPS) is 14.7. The molecule has 3 heterocycles. The highest BCUT2D eigenvalue weighted by Crippen LogP contribution is 2.34. The molecule has 0 unspecified atom stereocenters. The average molecular weight is 399 g/mol. The van der Waals surface area contributed by atoms with E-state index < -0.39 is 17.6 Å². The third-order valence-electron chi connectivity index (χ3n) is 4.90. The number of amides is 1. The Morgan fingerprint density at radius 3 is 2.45 bits per heavy atom. The Morgan fingerprint density at radius 2 is 1.83 bits per heavy atom. The Bertz CT molecular complexity index is 1110. The van der Waals surface area contributed by atoms with Crippen LogP contribution in [0.2, 0.25) is 0 Å². The van der Waals surface area contributed by atoms with E-state index in [2.05, 4.69) is 21.5 Å². The summed E-state index contributed by atoms with van der Waals surface area (Å²) < 4.78 is 38.5. The van der Waals surface area contributed by atoms with Crippen molar-refractivity contribution in [3.8, 4) is 11.4 Å². The van der Waals surface area contributed by atoms with Gasteiger partial charge in [-0.15, -0.1) is 0 Å². The summed E-state index contributed by atoms with van der Waals surface area (Å²) in [7, 11) is 0. The van der Waals surface area contributed by atoms with Gasteiger partial charge in [0.25, 0.3) is 0 Å². The van der Waals surface area contributed by atoms with Crippen LogP contribution < -0.4 is 10.6 Å². The Labute approximate surface area is 163 Å². The van der Waals surface area contributed by atoms with Crippen LogP contribution in [0.1, 0.15) is 5.56 Å². The molecule has 0 saturated carbocycles. The van der Waals surface area contributed by atoms with Crippen molar-refractivity contribution in [3.05, 3.63) is 60.3 Å². The van der Waals surface area contributed by atoms with E-state index >= 15 is 0 Å². The average Bonchev–Trinajstić information content (AvgIpc) is 2.66. The van der Waals surface area contributed by atoms with Gasteiger partial charge in [-0.3, -0.25) is 9.78 Å². The molecule has 1 aromatic carbocycles. The Kier molecular flexibility index (Phi) is 4.45. The van der Waals surface area contributed by atoms with Crippen LogP contribution in [0.5, 0.6) is 0 Å². The molecule has 9 heteroatoms. The van der Waals surface area contributed by atoms with Crippen LogP contribution in [-0.2, 0) is 11.0 Å². The lowest BCUT2D eigenvalue weighted by Gasteiger charge is -2.40. The summed E-state index contributed by atoms with van der Waals surface area (Å²) >= 11 is 0. The smallest absolute Gasteiger partial charge is 0.366 e. The highest BCUT2D eigenvalue weighted by molar-refractivity contribution is 5.93. The number of alkyl halides is 3. The van der Waals surface area contributed by atoms with E-state index in [4.69, 9.17) is 5.73 Å². The molecule has 0 atom stereocenters. The second-order valence-corrected chi connectivity index (χ2v) is 6.81. The predicted molar refractivity (Wildman–Crippen MR) is 102 cm³/mol. The summed E-state index contributed by atoms with van der Waals surface area (Å²) in [6.45, 7) is 4.71. The molecule has 0 bridgehead atoms. The minimum atomic E-state index is -4.41. The molecule has 3 aromatic rings. The highest BCUT2D eigenvalue weighted by atomic mass is 19.4. The highest BCUT2D eigenvalue weighted by Gasteiger charge is 2.34. The SMILES string of the molecule is C=C(C(N)=O)C1CN(c2nc(-c3ccc(C(F)(F)F)cc3)nc3cccnc23)C1. The zero-order valence-corrected chi connectivity index (χ0v) is 15.1. The van der Waals surface area contributed by atoms with Gasteiger partial charge in [0.2, 0.25) is 5.91 Å². The number of anilines is 1. The number of hydrogen-bond acceptors (Lipinski definition) is 5. The number of nitrogens with zero attached hydrogens (tertiary/aromatic N) is 4. The van der Waals surface area contributed by atoms with Gasteiger partial charge in [0.1, 0.15) is 5.52 Å². The fraction of sp³-hybridized carbons (Fsp3) is 0.200. The quantitative estimate of drug-likeness (QED) is 0.681. The van der Waals surface area contributed by atoms with Crippen LogP contribution in [0.15, 0.2) is 54.7 Å². The molecule has 0 spiro atoms. The number of pyridine rings is 1.